The molecule has 3 aliphatic rings. The number of rotatable bonds is 10. The lowest BCUT2D eigenvalue weighted by Crippen LogP contribution is -2.52. The third-order valence-electron chi connectivity index (χ3n) is 10.2. The summed E-state index contributed by atoms with van der Waals surface area (Å²) in [7, 11) is 0.380. The van der Waals surface area contributed by atoms with E-state index in [0.29, 0.717) is 26.3 Å². The van der Waals surface area contributed by atoms with Crippen LogP contribution in [-0.2, 0) is 30.4 Å². The molecule has 4 N–H and O–H groups in total. The summed E-state index contributed by atoms with van der Waals surface area (Å²) >= 11 is 0. The van der Waals surface area contributed by atoms with Crippen molar-refractivity contribution in [2.75, 3.05) is 20.0 Å². The van der Waals surface area contributed by atoms with Crippen LogP contribution in [0.1, 0.15) is 75.6 Å². The molecule has 304 valence electrons. The van der Waals surface area contributed by atoms with Gasteiger partial charge in [0.15, 0.2) is 6.23 Å². The molecule has 56 heavy (non-hydrogen) atoms. The van der Waals surface area contributed by atoms with Gasteiger partial charge in [0.2, 0.25) is 5.91 Å². The number of carbonyl (C=O) groups excluding carboxylic acids is 1. The van der Waals surface area contributed by atoms with Crippen molar-refractivity contribution < 1.29 is 28.9 Å². The van der Waals surface area contributed by atoms with Crippen LogP contribution in [0.5, 0.6) is 0 Å². The lowest BCUT2D eigenvalue weighted by atomic mass is 9.78. The highest BCUT2D eigenvalue weighted by Gasteiger charge is 2.58. The summed E-state index contributed by atoms with van der Waals surface area (Å²) in [4.78, 5) is 78.7. The van der Waals surface area contributed by atoms with Gasteiger partial charge < -0.3 is 24.6 Å². The largest absolute Gasteiger partial charge is 0.481 e. The number of hydrogen-bond donors (Lipinski definition) is 4. The van der Waals surface area contributed by atoms with Gasteiger partial charge in [-0.3, -0.25) is 38.3 Å². The Bertz CT molecular complexity index is 2160. The van der Waals surface area contributed by atoms with Crippen molar-refractivity contribution in [3.8, 4) is 0 Å². The molecule has 0 spiro atoms. The molecule has 6 rings (SSSR count). The Hall–Kier alpha value is -4.86. The number of benzene rings is 1. The van der Waals surface area contributed by atoms with E-state index in [9.17, 15) is 39.4 Å². The molecule has 5 heterocycles. The second kappa shape index (κ2) is 18.4. The van der Waals surface area contributed by atoms with Crippen molar-refractivity contribution in [2.24, 2.45) is 11.0 Å². The van der Waals surface area contributed by atoms with Crippen molar-refractivity contribution >= 4 is 19.8 Å². The predicted octanol–water partition coefficient (Wildman–Crippen LogP) is 3.67. The second-order valence-electron chi connectivity index (χ2n) is 14.7. The number of nitrogens with zero attached hydrogens (tertiary/aromatic N) is 5. The number of nitrogens with one attached hydrogen (secondary N) is 3. The lowest BCUT2D eigenvalue weighted by Gasteiger charge is -2.35. The van der Waals surface area contributed by atoms with Crippen LogP contribution < -0.4 is 27.8 Å². The van der Waals surface area contributed by atoms with Gasteiger partial charge in [-0.2, -0.15) is 0 Å². The molecule has 0 saturated carbocycles. The first-order valence-electron chi connectivity index (χ1n) is 18.2. The van der Waals surface area contributed by atoms with Crippen LogP contribution in [0.25, 0.3) is 10.4 Å². The fraction of sp³-hybridized carbons (Fsp3) is 0.568. The first kappa shape index (κ1) is 43.9. The number of azide groups is 1. The van der Waals surface area contributed by atoms with Gasteiger partial charge in [0, 0.05) is 34.4 Å². The Kier molecular flexibility index (Phi) is 14.4. The number of aromatic nitrogens is 4. The number of aliphatic carboxylic acids is 1. The highest BCUT2D eigenvalue weighted by molar-refractivity contribution is 7.55. The Morgan fingerprint density at radius 1 is 0.964 bits per heavy atom. The molecule has 3 aliphatic heterocycles. The molecule has 2 aromatic heterocycles. The Morgan fingerprint density at radius 2 is 1.52 bits per heavy atom. The maximum Gasteiger partial charge on any atom is 0.330 e. The van der Waals surface area contributed by atoms with Gasteiger partial charge in [-0.05, 0) is 57.8 Å². The number of H-pyrrole nitrogens is 2. The van der Waals surface area contributed by atoms with Gasteiger partial charge in [-0.25, -0.2) is 9.59 Å². The zero-order valence-electron chi connectivity index (χ0n) is 32.8. The van der Waals surface area contributed by atoms with Gasteiger partial charge in [0.1, 0.15) is 24.0 Å². The van der Waals surface area contributed by atoms with E-state index < -0.39 is 70.7 Å². The molecule has 19 heteroatoms. The van der Waals surface area contributed by atoms with Crippen LogP contribution in [0.3, 0.4) is 0 Å². The molecule has 18 nitrogen and oxygen atoms in total. The Balaban J connectivity index is 0.000000240. The maximum absolute atomic E-state index is 12.5. The number of carboxylic acid groups (broad SMARTS) is 1. The lowest BCUT2D eigenvalue weighted by molar-refractivity contribution is -0.159. The predicted molar refractivity (Wildman–Crippen MR) is 209 cm³/mol. The molecule has 1 aromatic carbocycles. The van der Waals surface area contributed by atoms with Gasteiger partial charge in [0.25, 0.3) is 11.1 Å². The van der Waals surface area contributed by atoms with E-state index in [1.54, 1.807) is 13.8 Å². The maximum atomic E-state index is 12.5. The fourth-order valence-electron chi connectivity index (χ4n) is 7.27. The minimum absolute atomic E-state index is 0.0587. The third kappa shape index (κ3) is 9.56. The van der Waals surface area contributed by atoms with Crippen molar-refractivity contribution in [1.82, 2.24) is 24.4 Å². The molecule has 3 aromatic rings. The second-order valence-corrected chi connectivity index (χ2v) is 17.4. The van der Waals surface area contributed by atoms with Crippen LogP contribution in [0, 0.1) is 19.8 Å². The summed E-state index contributed by atoms with van der Waals surface area (Å²) in [5.74, 6) is -1.08. The van der Waals surface area contributed by atoms with Gasteiger partial charge in [-0.15, -0.1) is 7.92 Å². The minimum atomic E-state index is -1.35. The van der Waals surface area contributed by atoms with Crippen LogP contribution in [0.4, 0.5) is 0 Å². The summed E-state index contributed by atoms with van der Waals surface area (Å²) in [6, 6.07) is 7.90. The fourth-order valence-corrected chi connectivity index (χ4v) is 7.27. The topological polar surface area (TPSA) is 253 Å². The van der Waals surface area contributed by atoms with E-state index in [2.05, 4.69) is 45.3 Å². The molecule has 2 bridgehead atoms. The molecule has 0 aliphatic carbocycles. The van der Waals surface area contributed by atoms with Crippen molar-refractivity contribution in [3.05, 3.63) is 112 Å². The van der Waals surface area contributed by atoms with E-state index in [-0.39, 0.29) is 36.5 Å². The molecular weight excluding hydrogens is 747 g/mol. The van der Waals surface area contributed by atoms with Gasteiger partial charge in [-0.1, -0.05) is 56.2 Å². The first-order chi connectivity index (χ1) is 26.4. The zero-order valence-corrected chi connectivity index (χ0v) is 33.7. The molecule has 1 amide bonds. The SMILES string of the molecule is CC[C@@]1(CC(=O)O)O[C@@H](n2cc(C)c(=O)[nH]c2=O)[C@@H](N=[N+]=[N-])C1OCc1ccccc1.CC[C@]12CC(=O)N[C@@H](C1C)[C@H](n1cc(C)c(=O)[nH]c1=O)O2.CP(C)C. The van der Waals surface area contributed by atoms with E-state index in [1.165, 1.54) is 23.9 Å². The van der Waals surface area contributed by atoms with Crippen LogP contribution in [0.2, 0.25) is 0 Å². The third-order valence-corrected chi connectivity index (χ3v) is 10.2. The van der Waals surface area contributed by atoms with Crippen LogP contribution in [-0.4, -0.2) is 85.5 Å². The van der Waals surface area contributed by atoms with Crippen LogP contribution >= 0.6 is 7.92 Å². The average molecular weight is 799 g/mol. The van der Waals surface area contributed by atoms with Gasteiger partial charge >= 0.3 is 17.3 Å². The first-order valence-corrected chi connectivity index (χ1v) is 20.9. The number of ether oxygens (including phenoxy) is 3. The van der Waals surface area contributed by atoms with Crippen molar-refractivity contribution in [2.45, 2.75) is 109 Å². The number of hydrogen-bond acceptors (Lipinski definition) is 10. The molecule has 0 radical (unpaired) electrons. The summed E-state index contributed by atoms with van der Waals surface area (Å²) in [5.41, 5.74) is 6.56. The average Bonchev–Trinajstić information content (AvgIpc) is 3.50. The number of aromatic amines is 2. The van der Waals surface area contributed by atoms with Crippen molar-refractivity contribution in [3.63, 3.8) is 0 Å². The monoisotopic (exact) mass is 798 g/mol. The standard InChI is InChI=1S/C20H23N5O6.C14H19N3O4.C3H9P/c1-3-20(9-14(26)27)16(30-11-13-7-5-4-6-8-13)15(23-24-21)18(31-20)25-10-12(2)17(28)22-19(25)29;1-4-14-5-9(18)15-10(8(14)3)12(21-14)17-6-7(2)11(19)16-13(17)20;1-4(2)3/h4-8,10,15-16,18H,3,9,11H2,1-2H3,(H,26,27)(H,22,28,29);6,8,10,12H,4-5H2,1-3H3,(H,15,18)(H,16,19,20);1-3H3/t15-,16?,18+,20-;8?,10-,12+,14-;/m00./s1. The van der Waals surface area contributed by atoms with E-state index in [1.807, 2.05) is 44.2 Å². The van der Waals surface area contributed by atoms with Gasteiger partial charge in [0.05, 0.1) is 31.1 Å². The summed E-state index contributed by atoms with van der Waals surface area (Å²) in [5, 5.41) is 16.2. The molecular formula is C37H51N8O10P. The number of amides is 1. The number of carboxylic acids is 1. The Labute approximate surface area is 324 Å². The number of piperidine rings is 1. The molecule has 8 atom stereocenters. The number of fused-ring (bicyclic) bond motifs is 2. The summed E-state index contributed by atoms with van der Waals surface area (Å²) in [6.07, 6.45) is 0.904. The molecule has 3 saturated heterocycles. The van der Waals surface area contributed by atoms with E-state index >= 15 is 0 Å². The highest BCUT2D eigenvalue weighted by Crippen LogP contribution is 2.48. The summed E-state index contributed by atoms with van der Waals surface area (Å²) < 4.78 is 20.8. The summed E-state index contributed by atoms with van der Waals surface area (Å²) in [6.45, 7) is 15.7. The van der Waals surface area contributed by atoms with E-state index in [4.69, 9.17) is 14.2 Å². The normalized spacial score (nSPS) is 27.6. The quantitative estimate of drug-likeness (QED) is 0.100. The van der Waals surface area contributed by atoms with Crippen molar-refractivity contribution in [1.29, 1.82) is 0 Å². The highest BCUT2D eigenvalue weighted by atomic mass is 31.1. The van der Waals surface area contributed by atoms with E-state index in [0.717, 1.165) is 10.1 Å². The number of carbonyl (C=O) groups is 2. The zero-order chi connectivity index (χ0) is 41.5. The molecule has 3 fully saturated rings. The Morgan fingerprint density at radius 3 is 2.02 bits per heavy atom. The van der Waals surface area contributed by atoms with Crippen LogP contribution in [0.15, 0.2) is 67.0 Å². The number of aryl methyl sites for hydroxylation is 2. The molecule has 2 unspecified atom stereocenters. The smallest absolute Gasteiger partial charge is 0.330 e. The minimum Gasteiger partial charge on any atom is -0.481 e.